The lowest BCUT2D eigenvalue weighted by molar-refractivity contribution is 0.102. The van der Waals surface area contributed by atoms with Gasteiger partial charge in [0.25, 0.3) is 5.91 Å². The van der Waals surface area contributed by atoms with Gasteiger partial charge in [0.2, 0.25) is 5.89 Å². The van der Waals surface area contributed by atoms with Crippen LogP contribution in [0.5, 0.6) is 0 Å². The van der Waals surface area contributed by atoms with Crippen LogP contribution >= 0.6 is 0 Å². The number of carbonyl (C=O) groups is 1. The third-order valence-electron chi connectivity index (χ3n) is 3.56. The highest BCUT2D eigenvalue weighted by Crippen LogP contribution is 2.22. The normalized spacial score (nSPS) is 11.3. The van der Waals surface area contributed by atoms with Crippen molar-refractivity contribution in [3.8, 4) is 11.5 Å². The van der Waals surface area contributed by atoms with Gasteiger partial charge in [-0.05, 0) is 42.8 Å². The number of carbonyl (C=O) groups excluding carboxylic acids is 1. The van der Waals surface area contributed by atoms with Crippen molar-refractivity contribution in [3.05, 3.63) is 59.7 Å². The molecular weight excluding hydrogens is 342 g/mol. The third-order valence-corrected chi connectivity index (χ3v) is 4.69. The van der Waals surface area contributed by atoms with Crippen molar-refractivity contribution in [2.24, 2.45) is 0 Å². The van der Waals surface area contributed by atoms with Gasteiger partial charge < -0.3 is 4.42 Å². The third kappa shape index (κ3) is 3.74. The highest BCUT2D eigenvalue weighted by molar-refractivity contribution is 7.90. The van der Waals surface area contributed by atoms with Crippen molar-refractivity contribution in [2.45, 2.75) is 11.8 Å². The number of nitrogens with one attached hydrogen (secondary N) is 1. The van der Waals surface area contributed by atoms with Gasteiger partial charge in [-0.15, -0.1) is 5.10 Å². The lowest BCUT2D eigenvalue weighted by Gasteiger charge is -2.03. The van der Waals surface area contributed by atoms with E-state index in [9.17, 15) is 13.2 Å². The van der Waals surface area contributed by atoms with Crippen LogP contribution in [0.2, 0.25) is 0 Å². The molecule has 0 unspecified atom stereocenters. The Bertz CT molecular complexity index is 1020. The number of aromatic nitrogens is 2. The summed E-state index contributed by atoms with van der Waals surface area (Å²) in [6.45, 7) is 1.83. The van der Waals surface area contributed by atoms with Crippen LogP contribution < -0.4 is 5.32 Å². The summed E-state index contributed by atoms with van der Waals surface area (Å²) in [5.41, 5.74) is 1.90. The molecule has 0 fully saturated rings. The Morgan fingerprint density at radius 3 is 2.36 bits per heavy atom. The maximum Gasteiger partial charge on any atom is 0.322 e. The Kier molecular flexibility index (Phi) is 4.37. The zero-order chi connectivity index (χ0) is 18.0. The molecule has 0 saturated heterocycles. The monoisotopic (exact) mass is 357 g/mol. The molecule has 25 heavy (non-hydrogen) atoms. The number of hydrogen-bond donors (Lipinski definition) is 1. The molecule has 0 aliphatic rings. The van der Waals surface area contributed by atoms with Gasteiger partial charge in [-0.1, -0.05) is 23.3 Å². The fourth-order valence-corrected chi connectivity index (χ4v) is 2.86. The zero-order valence-electron chi connectivity index (χ0n) is 13.6. The van der Waals surface area contributed by atoms with Crippen molar-refractivity contribution in [1.29, 1.82) is 0 Å². The summed E-state index contributed by atoms with van der Waals surface area (Å²) < 4.78 is 28.4. The summed E-state index contributed by atoms with van der Waals surface area (Å²) in [4.78, 5) is 12.4. The van der Waals surface area contributed by atoms with Crippen LogP contribution in [0.15, 0.2) is 57.8 Å². The minimum absolute atomic E-state index is 0.0320. The van der Waals surface area contributed by atoms with Crippen molar-refractivity contribution in [1.82, 2.24) is 10.2 Å². The largest absolute Gasteiger partial charge is 0.403 e. The molecule has 0 radical (unpaired) electrons. The second kappa shape index (κ2) is 6.48. The number of anilines is 1. The standard InChI is InChI=1S/C17H15N3O4S/c1-11-5-3-4-6-14(11)15(21)18-17-20-19-16(24-17)12-7-9-13(10-8-12)25(2,22)23/h3-10H,1-2H3,(H,18,20,21). The molecule has 7 nitrogen and oxygen atoms in total. The van der Waals surface area contributed by atoms with Crippen molar-refractivity contribution < 1.29 is 17.6 Å². The van der Waals surface area contributed by atoms with E-state index in [1.165, 1.54) is 12.1 Å². The van der Waals surface area contributed by atoms with E-state index in [4.69, 9.17) is 4.42 Å². The number of hydrogen-bond acceptors (Lipinski definition) is 6. The van der Waals surface area contributed by atoms with Crippen LogP contribution in [-0.4, -0.2) is 30.8 Å². The minimum atomic E-state index is -3.27. The highest BCUT2D eigenvalue weighted by Gasteiger charge is 2.15. The first-order valence-electron chi connectivity index (χ1n) is 7.35. The molecule has 0 aliphatic heterocycles. The van der Waals surface area contributed by atoms with Crippen LogP contribution in [0.1, 0.15) is 15.9 Å². The topological polar surface area (TPSA) is 102 Å². The number of benzene rings is 2. The fourth-order valence-electron chi connectivity index (χ4n) is 2.23. The maximum atomic E-state index is 12.2. The van der Waals surface area contributed by atoms with E-state index in [2.05, 4.69) is 15.5 Å². The summed E-state index contributed by atoms with van der Waals surface area (Å²) in [6, 6.07) is 13.2. The molecule has 0 aliphatic carbocycles. The van der Waals surface area contributed by atoms with E-state index in [0.29, 0.717) is 11.1 Å². The Morgan fingerprint density at radius 1 is 1.04 bits per heavy atom. The SMILES string of the molecule is Cc1ccccc1C(=O)Nc1nnc(-c2ccc(S(C)(=O)=O)cc2)o1. The predicted octanol–water partition coefficient (Wildman–Crippen LogP) is 2.70. The smallest absolute Gasteiger partial charge is 0.322 e. The van der Waals surface area contributed by atoms with Crippen molar-refractivity contribution >= 4 is 21.8 Å². The summed E-state index contributed by atoms with van der Waals surface area (Å²) in [6.07, 6.45) is 1.13. The minimum Gasteiger partial charge on any atom is -0.403 e. The molecule has 3 aromatic rings. The molecule has 1 heterocycles. The van der Waals surface area contributed by atoms with Gasteiger partial charge in [0.05, 0.1) is 4.90 Å². The van der Waals surface area contributed by atoms with Crippen molar-refractivity contribution in [3.63, 3.8) is 0 Å². The van der Waals surface area contributed by atoms with Gasteiger partial charge in [0.1, 0.15) is 0 Å². The van der Waals surface area contributed by atoms with Gasteiger partial charge >= 0.3 is 6.01 Å². The second-order valence-electron chi connectivity index (χ2n) is 5.48. The molecule has 0 spiro atoms. The van der Waals surface area contributed by atoms with E-state index in [-0.39, 0.29) is 22.7 Å². The number of rotatable bonds is 4. The Morgan fingerprint density at radius 2 is 1.72 bits per heavy atom. The van der Waals surface area contributed by atoms with E-state index in [0.717, 1.165) is 11.8 Å². The lowest BCUT2D eigenvalue weighted by Crippen LogP contribution is -2.13. The predicted molar refractivity (Wildman–Crippen MR) is 92.0 cm³/mol. The first-order chi connectivity index (χ1) is 11.8. The summed E-state index contributed by atoms with van der Waals surface area (Å²) in [5, 5.41) is 10.2. The maximum absolute atomic E-state index is 12.2. The van der Waals surface area contributed by atoms with Gasteiger partial charge in [-0.3, -0.25) is 10.1 Å². The molecule has 0 saturated carbocycles. The van der Waals surface area contributed by atoms with Crippen LogP contribution in [0.25, 0.3) is 11.5 Å². The molecule has 0 bridgehead atoms. The average molecular weight is 357 g/mol. The van der Waals surface area contributed by atoms with Crippen molar-refractivity contribution in [2.75, 3.05) is 11.6 Å². The molecule has 3 rings (SSSR count). The molecule has 1 N–H and O–H groups in total. The van der Waals surface area contributed by atoms with E-state index >= 15 is 0 Å². The second-order valence-corrected chi connectivity index (χ2v) is 7.49. The Labute approximate surface area is 144 Å². The first kappa shape index (κ1) is 16.8. The molecule has 1 aromatic heterocycles. The molecular formula is C17H15N3O4S. The van der Waals surface area contributed by atoms with Crippen LogP contribution in [0, 0.1) is 6.92 Å². The van der Waals surface area contributed by atoms with Gasteiger partial charge in [-0.2, -0.15) is 0 Å². The van der Waals surface area contributed by atoms with Gasteiger partial charge in [-0.25, -0.2) is 8.42 Å². The average Bonchev–Trinajstić information content (AvgIpc) is 3.03. The number of nitrogens with zero attached hydrogens (tertiary/aromatic N) is 2. The molecule has 128 valence electrons. The molecule has 0 atom stereocenters. The number of sulfone groups is 1. The Balaban J connectivity index is 1.79. The number of aryl methyl sites for hydroxylation is 1. The number of amides is 1. The van der Waals surface area contributed by atoms with Crippen LogP contribution in [0.3, 0.4) is 0 Å². The highest BCUT2D eigenvalue weighted by atomic mass is 32.2. The quantitative estimate of drug-likeness (QED) is 0.770. The first-order valence-corrected chi connectivity index (χ1v) is 9.25. The lowest BCUT2D eigenvalue weighted by atomic mass is 10.1. The summed E-state index contributed by atoms with van der Waals surface area (Å²) in [7, 11) is -3.27. The van der Waals surface area contributed by atoms with Gasteiger partial charge in [0.15, 0.2) is 9.84 Å². The van der Waals surface area contributed by atoms with Crippen LogP contribution in [0.4, 0.5) is 6.01 Å². The van der Waals surface area contributed by atoms with E-state index in [1.54, 1.807) is 24.3 Å². The van der Waals surface area contributed by atoms with Crippen LogP contribution in [-0.2, 0) is 9.84 Å². The fraction of sp³-hybridized carbons (Fsp3) is 0.118. The summed E-state index contributed by atoms with van der Waals surface area (Å²) in [5.74, 6) is -0.166. The van der Waals surface area contributed by atoms with Gasteiger partial charge in [0, 0.05) is 17.4 Å². The molecule has 8 heteroatoms. The molecule has 2 aromatic carbocycles. The van der Waals surface area contributed by atoms with E-state index < -0.39 is 9.84 Å². The van der Waals surface area contributed by atoms with E-state index in [1.807, 2.05) is 19.1 Å². The Hall–Kier alpha value is -3.00. The summed E-state index contributed by atoms with van der Waals surface area (Å²) >= 11 is 0. The molecule has 1 amide bonds. The zero-order valence-corrected chi connectivity index (χ0v) is 14.4.